The van der Waals surface area contributed by atoms with Gasteiger partial charge < -0.3 is 15.5 Å². The Bertz CT molecular complexity index is 578. The Hall–Kier alpha value is -1.63. The number of carbonyl (C=O) groups is 3. The van der Waals surface area contributed by atoms with E-state index in [0.29, 0.717) is 18.8 Å². The van der Waals surface area contributed by atoms with Gasteiger partial charge in [-0.15, -0.1) is 0 Å². The van der Waals surface area contributed by atoms with E-state index < -0.39 is 11.6 Å². The van der Waals surface area contributed by atoms with Gasteiger partial charge in [-0.05, 0) is 70.9 Å². The van der Waals surface area contributed by atoms with Crippen LogP contribution in [0.1, 0.15) is 71.6 Å². The highest BCUT2D eigenvalue weighted by atomic mass is 16.2. The van der Waals surface area contributed by atoms with Crippen LogP contribution in [0.3, 0.4) is 0 Å². The lowest BCUT2D eigenvalue weighted by atomic mass is 9.77. The molecule has 0 aromatic rings. The van der Waals surface area contributed by atoms with E-state index in [1.54, 1.807) is 0 Å². The number of nitrogens with zero attached hydrogens (tertiary/aromatic N) is 2. The quantitative estimate of drug-likeness (QED) is 0.680. The van der Waals surface area contributed by atoms with Crippen molar-refractivity contribution in [2.75, 3.05) is 26.2 Å². The molecule has 2 heterocycles. The van der Waals surface area contributed by atoms with E-state index >= 15 is 0 Å². The van der Waals surface area contributed by atoms with Crippen molar-refractivity contribution in [3.63, 3.8) is 0 Å². The van der Waals surface area contributed by atoms with Crippen LogP contribution in [-0.4, -0.2) is 65.4 Å². The van der Waals surface area contributed by atoms with Crippen molar-refractivity contribution in [3.8, 4) is 0 Å². The lowest BCUT2D eigenvalue weighted by Crippen LogP contribution is -2.50. The largest absolute Gasteiger partial charge is 0.352 e. The van der Waals surface area contributed by atoms with Crippen LogP contribution in [0, 0.1) is 5.92 Å². The molecule has 4 amide bonds. The molecule has 7 nitrogen and oxygen atoms in total. The Morgan fingerprint density at radius 3 is 2.46 bits per heavy atom. The molecule has 2 saturated heterocycles. The number of hydrogen-bond donors (Lipinski definition) is 2. The van der Waals surface area contributed by atoms with Crippen LogP contribution in [0.5, 0.6) is 0 Å². The van der Waals surface area contributed by atoms with Gasteiger partial charge in [0.25, 0.3) is 5.91 Å². The number of imide groups is 1. The maximum absolute atomic E-state index is 12.8. The molecular formula is C21H36N4O3. The van der Waals surface area contributed by atoms with E-state index in [1.807, 2.05) is 6.92 Å². The molecular weight excluding hydrogens is 356 g/mol. The molecule has 0 radical (unpaired) electrons. The van der Waals surface area contributed by atoms with Gasteiger partial charge in [0, 0.05) is 12.6 Å². The highest BCUT2D eigenvalue weighted by Gasteiger charge is 2.52. The van der Waals surface area contributed by atoms with E-state index in [2.05, 4.69) is 22.5 Å². The summed E-state index contributed by atoms with van der Waals surface area (Å²) < 4.78 is 0. The van der Waals surface area contributed by atoms with Gasteiger partial charge in [0.2, 0.25) is 5.91 Å². The third-order valence-electron chi connectivity index (χ3n) is 6.66. The van der Waals surface area contributed by atoms with Crippen LogP contribution in [0.2, 0.25) is 0 Å². The number of amides is 4. The molecule has 1 saturated carbocycles. The molecule has 2 N–H and O–H groups in total. The highest BCUT2D eigenvalue weighted by molar-refractivity contribution is 6.09. The average molecular weight is 393 g/mol. The Labute approximate surface area is 168 Å². The number of hydrogen-bond acceptors (Lipinski definition) is 4. The highest BCUT2D eigenvalue weighted by Crippen LogP contribution is 2.36. The van der Waals surface area contributed by atoms with Crippen molar-refractivity contribution < 1.29 is 14.4 Å². The summed E-state index contributed by atoms with van der Waals surface area (Å²) >= 11 is 0. The second-order valence-corrected chi connectivity index (χ2v) is 9.10. The van der Waals surface area contributed by atoms with E-state index in [4.69, 9.17) is 0 Å². The summed E-state index contributed by atoms with van der Waals surface area (Å²) in [7, 11) is 0. The summed E-state index contributed by atoms with van der Waals surface area (Å²) in [4.78, 5) is 41.2. The van der Waals surface area contributed by atoms with Crippen molar-refractivity contribution >= 4 is 17.8 Å². The predicted molar refractivity (Wildman–Crippen MR) is 108 cm³/mol. The van der Waals surface area contributed by atoms with Crippen LogP contribution in [-0.2, 0) is 9.59 Å². The molecule has 0 bridgehead atoms. The zero-order valence-electron chi connectivity index (χ0n) is 17.5. The molecule has 3 aliphatic rings. The zero-order valence-corrected chi connectivity index (χ0v) is 17.5. The summed E-state index contributed by atoms with van der Waals surface area (Å²) in [6.07, 6.45) is 9.23. The molecule has 3 rings (SSSR count). The van der Waals surface area contributed by atoms with Gasteiger partial charge in [0.15, 0.2) is 0 Å². The van der Waals surface area contributed by atoms with Crippen molar-refractivity contribution in [3.05, 3.63) is 0 Å². The molecule has 1 atom stereocenters. The summed E-state index contributed by atoms with van der Waals surface area (Å²) in [5.74, 6) is 0.0996. The van der Waals surface area contributed by atoms with Crippen LogP contribution < -0.4 is 10.6 Å². The summed E-state index contributed by atoms with van der Waals surface area (Å²) in [6.45, 7) is 7.24. The first-order chi connectivity index (χ1) is 13.4. The molecule has 0 aromatic carbocycles. The standard InChI is InChI=1S/C21H36N4O3/c1-16-7-10-21(11-8-16)19(27)25(20(28)23-21)15-18(26)22-17(2)9-14-24-12-5-3-4-6-13-24/h16-17H,3-15H2,1-2H3,(H,22,26)(H,23,28). The Balaban J connectivity index is 1.44. The predicted octanol–water partition coefficient (Wildman–Crippen LogP) is 2.26. The van der Waals surface area contributed by atoms with Crippen molar-refractivity contribution in [2.24, 2.45) is 5.92 Å². The first-order valence-electron chi connectivity index (χ1n) is 11.1. The zero-order chi connectivity index (χ0) is 20.1. The second kappa shape index (κ2) is 9.25. The first kappa shape index (κ1) is 21.1. The normalized spacial score (nSPS) is 30.2. The molecule has 3 fully saturated rings. The molecule has 1 spiro atoms. The van der Waals surface area contributed by atoms with Crippen LogP contribution >= 0.6 is 0 Å². The monoisotopic (exact) mass is 392 g/mol. The number of urea groups is 1. The number of rotatable bonds is 6. The molecule has 2 aliphatic heterocycles. The van der Waals surface area contributed by atoms with Gasteiger partial charge in [-0.1, -0.05) is 19.8 Å². The topological polar surface area (TPSA) is 81.8 Å². The van der Waals surface area contributed by atoms with Gasteiger partial charge >= 0.3 is 6.03 Å². The van der Waals surface area contributed by atoms with Crippen LogP contribution in [0.25, 0.3) is 0 Å². The Morgan fingerprint density at radius 1 is 1.18 bits per heavy atom. The number of nitrogens with one attached hydrogen (secondary N) is 2. The van der Waals surface area contributed by atoms with Crippen LogP contribution in [0.15, 0.2) is 0 Å². The van der Waals surface area contributed by atoms with Crippen LogP contribution in [0.4, 0.5) is 4.79 Å². The maximum atomic E-state index is 12.8. The number of likely N-dealkylation sites (tertiary alicyclic amines) is 1. The Kier molecular flexibility index (Phi) is 6.96. The van der Waals surface area contributed by atoms with E-state index in [0.717, 1.165) is 43.8 Å². The van der Waals surface area contributed by atoms with Gasteiger partial charge in [-0.3, -0.25) is 14.5 Å². The summed E-state index contributed by atoms with van der Waals surface area (Å²) in [5, 5.41) is 5.84. The fourth-order valence-corrected chi connectivity index (χ4v) is 4.69. The van der Waals surface area contributed by atoms with Crippen molar-refractivity contribution in [1.29, 1.82) is 0 Å². The van der Waals surface area contributed by atoms with Gasteiger partial charge in [0.1, 0.15) is 12.1 Å². The molecule has 0 aromatic heterocycles. The molecule has 158 valence electrons. The number of carbonyl (C=O) groups excluding carboxylic acids is 3. The Morgan fingerprint density at radius 2 is 1.82 bits per heavy atom. The lowest BCUT2D eigenvalue weighted by molar-refractivity contribution is -0.136. The van der Waals surface area contributed by atoms with E-state index in [9.17, 15) is 14.4 Å². The minimum absolute atomic E-state index is 0.0287. The fraction of sp³-hybridized carbons (Fsp3) is 0.857. The molecule has 7 heteroatoms. The fourth-order valence-electron chi connectivity index (χ4n) is 4.69. The molecule has 1 aliphatic carbocycles. The van der Waals surface area contributed by atoms with E-state index in [1.165, 1.54) is 25.7 Å². The SMILES string of the molecule is CC1CCC2(CC1)NC(=O)N(CC(=O)NC(C)CCN1CCCCCC1)C2=O. The first-order valence-corrected chi connectivity index (χ1v) is 11.1. The summed E-state index contributed by atoms with van der Waals surface area (Å²) in [5.41, 5.74) is -0.776. The smallest absolute Gasteiger partial charge is 0.325 e. The summed E-state index contributed by atoms with van der Waals surface area (Å²) in [6, 6.07) is -0.395. The van der Waals surface area contributed by atoms with Crippen molar-refractivity contribution in [2.45, 2.75) is 83.2 Å². The molecule has 1 unspecified atom stereocenters. The molecule has 28 heavy (non-hydrogen) atoms. The second-order valence-electron chi connectivity index (χ2n) is 9.10. The van der Waals surface area contributed by atoms with Gasteiger partial charge in [0.05, 0.1) is 0 Å². The average Bonchev–Trinajstić information content (AvgIpc) is 2.86. The lowest BCUT2D eigenvalue weighted by Gasteiger charge is -2.33. The minimum atomic E-state index is -0.776. The van der Waals surface area contributed by atoms with Crippen molar-refractivity contribution in [1.82, 2.24) is 20.4 Å². The third-order valence-corrected chi connectivity index (χ3v) is 6.66. The maximum Gasteiger partial charge on any atom is 0.325 e. The minimum Gasteiger partial charge on any atom is -0.352 e. The van der Waals surface area contributed by atoms with Gasteiger partial charge in [-0.25, -0.2) is 4.79 Å². The van der Waals surface area contributed by atoms with E-state index in [-0.39, 0.29) is 24.4 Å². The van der Waals surface area contributed by atoms with Gasteiger partial charge in [-0.2, -0.15) is 0 Å². The third kappa shape index (κ3) is 5.04.